The fraction of sp³-hybridized carbons (Fsp3) is 0.551. The molecule has 8 rings (SSSR count). The number of rotatable bonds is 8. The Balaban J connectivity index is 1.41. The molecule has 0 saturated heterocycles. The summed E-state index contributed by atoms with van der Waals surface area (Å²) in [7, 11) is 0. The number of allylic oxidation sites excluding steroid dienone is 2. The molecule has 4 bridgehead atoms. The number of guanidine groups is 1. The maximum atomic E-state index is 15.6. The number of aliphatic hydroxyl groups excluding tert-OH is 2. The number of fused-ring (bicyclic) bond motifs is 2. The van der Waals surface area contributed by atoms with E-state index in [2.05, 4.69) is 23.8 Å². The summed E-state index contributed by atoms with van der Waals surface area (Å²) in [4.78, 5) is 46.8. The van der Waals surface area contributed by atoms with Crippen molar-refractivity contribution in [2.45, 2.75) is 115 Å². The van der Waals surface area contributed by atoms with Crippen molar-refractivity contribution in [3.8, 4) is 11.8 Å². The molecule has 14 atom stereocenters. The number of hydrogen-bond donors (Lipinski definition) is 7. The van der Waals surface area contributed by atoms with Gasteiger partial charge in [0.15, 0.2) is 11.7 Å². The highest BCUT2D eigenvalue weighted by Crippen LogP contribution is 2.83. The second-order valence-corrected chi connectivity index (χ2v) is 19.8. The number of nitrogens with two attached hydrogens (primary N) is 2. The first kappa shape index (κ1) is 42.1. The minimum atomic E-state index is -1.79. The predicted molar refractivity (Wildman–Crippen MR) is 227 cm³/mol. The molecule has 0 amide bonds. The lowest BCUT2D eigenvalue weighted by molar-refractivity contribution is -0.169. The number of aliphatic hydroxyl groups is 4. The van der Waals surface area contributed by atoms with Gasteiger partial charge in [0.05, 0.1) is 23.9 Å². The van der Waals surface area contributed by atoms with E-state index in [0.717, 1.165) is 5.56 Å². The molecule has 11 nitrogen and oxygen atoms in total. The Morgan fingerprint density at radius 1 is 1.02 bits per heavy atom. The highest BCUT2D eigenvalue weighted by Gasteiger charge is 2.83. The Kier molecular flexibility index (Phi) is 9.80. The Labute approximate surface area is 352 Å². The smallest absolute Gasteiger partial charge is 0.331 e. The maximum Gasteiger partial charge on any atom is 0.331 e. The summed E-state index contributed by atoms with van der Waals surface area (Å²) in [6.45, 7) is 9.49. The second-order valence-electron chi connectivity index (χ2n) is 19.8. The fourth-order valence-electron chi connectivity index (χ4n) is 14.4. The highest BCUT2D eigenvalue weighted by atomic mass is 16.4. The molecule has 9 N–H and O–H groups in total. The molecule has 0 aromatic heterocycles. The van der Waals surface area contributed by atoms with E-state index >= 15 is 4.79 Å². The number of aliphatic carboxylic acids is 1. The maximum absolute atomic E-state index is 15.6. The van der Waals surface area contributed by atoms with Crippen LogP contribution in [0.4, 0.5) is 0 Å². The van der Waals surface area contributed by atoms with Gasteiger partial charge < -0.3 is 37.0 Å². The van der Waals surface area contributed by atoms with Crippen molar-refractivity contribution in [2.24, 2.45) is 67.2 Å². The molecule has 11 heteroatoms. The molecule has 0 radical (unpaired) electrons. The number of nitrogens with zero attached hydrogens (tertiary/aromatic N) is 1. The molecule has 0 aliphatic heterocycles. The molecule has 60 heavy (non-hydrogen) atoms. The molecule has 1 aromatic carbocycles. The third kappa shape index (κ3) is 5.49. The van der Waals surface area contributed by atoms with Crippen molar-refractivity contribution in [3.63, 3.8) is 0 Å². The number of hydrogen-bond acceptors (Lipinski definition) is 8. The summed E-state index contributed by atoms with van der Waals surface area (Å²) in [5.74, 6) is 2.57. The number of ketones is 2. The van der Waals surface area contributed by atoms with Crippen molar-refractivity contribution >= 4 is 29.6 Å². The average molecular weight is 818 g/mol. The number of carbonyl (C=O) groups excluding carboxylic acids is 2. The molecular weight excluding hydrogens is 759 g/mol. The van der Waals surface area contributed by atoms with Crippen LogP contribution >= 0.6 is 0 Å². The minimum absolute atomic E-state index is 0.00564. The van der Waals surface area contributed by atoms with Gasteiger partial charge in [-0.05, 0) is 66.7 Å². The number of benzene rings is 1. The summed E-state index contributed by atoms with van der Waals surface area (Å²) < 4.78 is 0. The summed E-state index contributed by atoms with van der Waals surface area (Å²) in [5, 5.41) is 60.0. The number of aliphatic imine (C=N–C) groups is 1. The van der Waals surface area contributed by atoms with Crippen LogP contribution in [0.1, 0.15) is 91.5 Å². The van der Waals surface area contributed by atoms with Crippen molar-refractivity contribution in [3.05, 3.63) is 89.1 Å². The molecule has 318 valence electrons. The zero-order chi connectivity index (χ0) is 43.4. The Morgan fingerprint density at radius 3 is 2.40 bits per heavy atom. The van der Waals surface area contributed by atoms with Gasteiger partial charge in [0.25, 0.3) is 0 Å². The minimum Gasteiger partial charge on any atom is -0.478 e. The molecule has 0 unspecified atom stereocenters. The van der Waals surface area contributed by atoms with Gasteiger partial charge in [0, 0.05) is 76.7 Å². The zero-order valence-electron chi connectivity index (χ0n) is 35.2. The number of carboxylic acids is 1. The van der Waals surface area contributed by atoms with Crippen molar-refractivity contribution in [2.75, 3.05) is 0 Å². The van der Waals surface area contributed by atoms with Crippen LogP contribution in [0.3, 0.4) is 0 Å². The molecule has 2 spiro atoms. The van der Waals surface area contributed by atoms with E-state index in [1.807, 2.05) is 69.3 Å². The van der Waals surface area contributed by atoms with Gasteiger partial charge in [-0.3, -0.25) is 9.59 Å². The molecule has 2 saturated carbocycles. The lowest BCUT2D eigenvalue weighted by atomic mass is 9.34. The Morgan fingerprint density at radius 2 is 1.73 bits per heavy atom. The predicted octanol–water partition coefficient (Wildman–Crippen LogP) is 4.80. The molecule has 7 aliphatic carbocycles. The highest BCUT2D eigenvalue weighted by molar-refractivity contribution is 6.02. The van der Waals surface area contributed by atoms with Gasteiger partial charge in [0.1, 0.15) is 11.4 Å². The van der Waals surface area contributed by atoms with Gasteiger partial charge >= 0.3 is 5.97 Å². The van der Waals surface area contributed by atoms with Crippen molar-refractivity contribution < 1.29 is 39.9 Å². The van der Waals surface area contributed by atoms with E-state index in [0.29, 0.717) is 30.4 Å². The normalized spacial score (nSPS) is 43.7. The summed E-state index contributed by atoms with van der Waals surface area (Å²) in [6.07, 6.45) is 11.5. The molecule has 0 heterocycles. The van der Waals surface area contributed by atoms with Crippen LogP contribution in [0, 0.1) is 62.6 Å². The van der Waals surface area contributed by atoms with E-state index in [9.17, 15) is 35.1 Å². The number of carboxylic acid groups (broad SMARTS) is 1. The lowest BCUT2D eigenvalue weighted by Crippen LogP contribution is -2.71. The van der Waals surface area contributed by atoms with Crippen LogP contribution in [0.15, 0.2) is 88.5 Å². The van der Waals surface area contributed by atoms with Crippen LogP contribution in [-0.2, 0) is 14.4 Å². The summed E-state index contributed by atoms with van der Waals surface area (Å²) >= 11 is 0. The van der Waals surface area contributed by atoms with Crippen LogP contribution in [0.25, 0.3) is 6.08 Å². The van der Waals surface area contributed by atoms with Crippen LogP contribution in [0.2, 0.25) is 0 Å². The van der Waals surface area contributed by atoms with E-state index in [1.165, 1.54) is 13.0 Å². The van der Waals surface area contributed by atoms with Crippen molar-refractivity contribution in [1.82, 2.24) is 0 Å². The van der Waals surface area contributed by atoms with E-state index in [-0.39, 0.29) is 55.2 Å². The molecule has 2 fully saturated rings. The first-order chi connectivity index (χ1) is 28.2. The van der Waals surface area contributed by atoms with Crippen molar-refractivity contribution in [1.29, 1.82) is 0 Å². The largest absolute Gasteiger partial charge is 0.478 e. The van der Waals surface area contributed by atoms with Gasteiger partial charge in [-0.1, -0.05) is 88.4 Å². The average Bonchev–Trinajstić information content (AvgIpc) is 3.32. The Bertz CT molecular complexity index is 2280. The first-order valence-corrected chi connectivity index (χ1v) is 21.4. The molecule has 7 aliphatic rings. The topological polar surface area (TPSA) is 217 Å². The SMILES string of the molecule is C[C@H](O)C/C(=C\[C@@H](O)[C@@H]1[C@@H](N=C(N)N)C=C[C@@]2(C[C@@]3(O)C=C[C@]4(O)C5=C6C(=O)C[C@@]2(C)[C@]53CCC#CC[C@]2(C)C(=O)CC[C@@]6(C)[C@@H]2[C@H]4/C=C/c2ccccc2)[C@@H]1C)C(=O)O. The fourth-order valence-corrected chi connectivity index (χ4v) is 14.4. The summed E-state index contributed by atoms with van der Waals surface area (Å²) in [6, 6.07) is 8.97. The van der Waals surface area contributed by atoms with Gasteiger partial charge in [-0.2, -0.15) is 0 Å². The van der Waals surface area contributed by atoms with E-state index in [1.54, 1.807) is 18.2 Å². The zero-order valence-corrected chi connectivity index (χ0v) is 35.2. The van der Waals surface area contributed by atoms with Crippen LogP contribution in [-0.4, -0.2) is 78.5 Å². The lowest BCUT2D eigenvalue weighted by Gasteiger charge is -2.69. The monoisotopic (exact) mass is 817 g/mol. The summed E-state index contributed by atoms with van der Waals surface area (Å²) in [5.41, 5.74) is 5.01. The van der Waals surface area contributed by atoms with E-state index in [4.69, 9.17) is 11.5 Å². The van der Waals surface area contributed by atoms with Crippen LogP contribution < -0.4 is 11.5 Å². The molecule has 1 aromatic rings. The number of carbonyl (C=O) groups is 3. The second kappa shape index (κ2) is 14.0. The third-order valence-electron chi connectivity index (χ3n) is 16.8. The standard InChI is InChI=1S/C49H59N3O8/c1-28(53)24-31(41(57)58)25-34(54)37-29(2)46(21-16-33(37)52-42(50)51)27-47(59)22-23-48(60)32(15-14-30-12-8-6-9-13-30)39-43(3)18-10-7-11-19-49(47)40(48)38(35(55)26-45(46,49)5)44(39,4)20-17-36(43)56/h6,8-9,12-16,21-23,25,28-29,32-34,37,39,53-54,59-60H,11,17-20,24,26-27H2,1-5H3,(H,57,58)(H4,50,51,52)/b15-14+,31-25+/t28-,29+,32+,33-,34+,37-,39+,43+,44+,45+,46+,47-,48+,49-/m0/s1. The Hall–Kier alpha value is -4.60. The quantitative estimate of drug-likeness (QED) is 0.0626. The number of Topliss-reactive ketones (excluding diaryl/α,β-unsaturated/α-hetero) is 2. The van der Waals surface area contributed by atoms with Crippen LogP contribution in [0.5, 0.6) is 0 Å². The van der Waals surface area contributed by atoms with Gasteiger partial charge in [-0.15, -0.1) is 11.8 Å². The van der Waals surface area contributed by atoms with Gasteiger partial charge in [0.2, 0.25) is 0 Å². The first-order valence-electron chi connectivity index (χ1n) is 21.4. The third-order valence-corrected chi connectivity index (χ3v) is 16.8. The van der Waals surface area contributed by atoms with E-state index < -0.39 is 86.2 Å². The van der Waals surface area contributed by atoms with Gasteiger partial charge in [-0.25, -0.2) is 9.79 Å². The molecular formula is C49H59N3O8.